The smallest absolute Gasteiger partial charge is 0.420 e. The molecule has 0 spiro atoms. The largest absolute Gasteiger partial charge is 0.461 e. The highest BCUT2D eigenvalue weighted by Crippen LogP contribution is 2.52. The average Bonchev–Trinajstić information content (AvgIpc) is 2.98. The van der Waals surface area contributed by atoms with Gasteiger partial charge in [-0.25, -0.2) is 8.78 Å². The van der Waals surface area contributed by atoms with E-state index in [-0.39, 0.29) is 32.2 Å². The highest BCUT2D eigenvalue weighted by Gasteiger charge is 2.70. The number of ether oxygens (including phenoxy) is 4. The van der Waals surface area contributed by atoms with Crippen LogP contribution in [0.1, 0.15) is 80.1 Å². The highest BCUT2D eigenvalue weighted by molar-refractivity contribution is 5.37. The summed E-state index contributed by atoms with van der Waals surface area (Å²) in [5, 5.41) is 0. The third-order valence-electron chi connectivity index (χ3n) is 5.57. The predicted molar refractivity (Wildman–Crippen MR) is 123 cm³/mol. The molecule has 254 valence electrons. The first kappa shape index (κ1) is 42.6. The summed E-state index contributed by atoms with van der Waals surface area (Å²) in [5.41, 5.74) is 0. The molecule has 1 rings (SSSR count). The van der Waals surface area contributed by atoms with Crippen LogP contribution >= 0.6 is 0 Å². The third-order valence-corrected chi connectivity index (χ3v) is 5.57. The summed E-state index contributed by atoms with van der Waals surface area (Å²) in [6.07, 6.45) is -23.3. The molecule has 1 heterocycles. The maximum atomic E-state index is 12.9. The van der Waals surface area contributed by atoms with Gasteiger partial charge in [0.25, 0.3) is 12.4 Å². The molecule has 1 saturated heterocycles. The molecule has 0 aromatic rings. The topological polar surface area (TPSA) is 54.0 Å². The molecule has 42 heavy (non-hydrogen) atoms. The van der Waals surface area contributed by atoms with Crippen LogP contribution in [0.25, 0.3) is 0 Å². The second-order valence-electron chi connectivity index (χ2n) is 9.40. The summed E-state index contributed by atoms with van der Waals surface area (Å²) < 4.78 is 178. The van der Waals surface area contributed by atoms with Gasteiger partial charge in [-0.05, 0) is 39.5 Å². The Labute approximate surface area is 235 Å². The molecule has 1 fully saturated rings. The van der Waals surface area contributed by atoms with Gasteiger partial charge in [-0.15, -0.1) is 0 Å². The van der Waals surface area contributed by atoms with E-state index in [0.29, 0.717) is 0 Å². The van der Waals surface area contributed by atoms with E-state index >= 15 is 0 Å². The maximum absolute atomic E-state index is 12.9. The van der Waals surface area contributed by atoms with Crippen molar-refractivity contribution in [1.29, 1.82) is 0 Å². The van der Waals surface area contributed by atoms with Gasteiger partial charge in [-0.2, -0.15) is 48.3 Å². The number of carbonyl (C=O) groups excluding carboxylic acids is 1. The molecule has 1 aliphatic heterocycles. The van der Waals surface area contributed by atoms with Crippen LogP contribution in [0.3, 0.4) is 0 Å². The fraction of sp³-hybridized carbons (Fsp3) is 0.958. The van der Waals surface area contributed by atoms with Gasteiger partial charge in [-0.3, -0.25) is 4.79 Å². The molecule has 1 aliphatic rings. The molecule has 0 aliphatic carbocycles. The first-order chi connectivity index (χ1) is 18.7. The van der Waals surface area contributed by atoms with Gasteiger partial charge < -0.3 is 18.9 Å². The van der Waals surface area contributed by atoms with Crippen LogP contribution in [0.15, 0.2) is 0 Å². The van der Waals surface area contributed by atoms with Crippen molar-refractivity contribution >= 4 is 6.47 Å². The minimum atomic E-state index is -4.91. The zero-order chi connectivity index (χ0) is 33.8. The molecule has 0 bridgehead atoms. The third kappa shape index (κ3) is 16.3. The van der Waals surface area contributed by atoms with Crippen molar-refractivity contribution in [2.24, 2.45) is 5.92 Å². The molecular formula is C24H37F13O5. The summed E-state index contributed by atoms with van der Waals surface area (Å²) >= 11 is 0. The van der Waals surface area contributed by atoms with E-state index in [1.807, 2.05) is 0 Å². The fourth-order valence-corrected chi connectivity index (χ4v) is 3.27. The number of carbonyl (C=O) groups is 1. The van der Waals surface area contributed by atoms with Crippen LogP contribution in [0, 0.1) is 5.92 Å². The van der Waals surface area contributed by atoms with Crippen molar-refractivity contribution in [2.75, 3.05) is 6.61 Å². The molecule has 0 saturated carbocycles. The summed E-state index contributed by atoms with van der Waals surface area (Å²) in [7, 11) is 0. The predicted octanol–water partition coefficient (Wildman–Crippen LogP) is 8.99. The Morgan fingerprint density at radius 2 is 1.19 bits per heavy atom. The first-order valence-corrected chi connectivity index (χ1v) is 12.8. The van der Waals surface area contributed by atoms with Crippen molar-refractivity contribution in [2.45, 2.75) is 135 Å². The first-order valence-electron chi connectivity index (χ1n) is 12.8. The van der Waals surface area contributed by atoms with Gasteiger partial charge >= 0.3 is 30.4 Å². The number of alkyl halides is 13. The number of hydrogen-bond donors (Lipinski definition) is 0. The minimum absolute atomic E-state index is 0.00109. The van der Waals surface area contributed by atoms with Crippen LogP contribution in [-0.4, -0.2) is 67.7 Å². The molecule has 5 nitrogen and oxygen atoms in total. The van der Waals surface area contributed by atoms with Crippen molar-refractivity contribution in [3.05, 3.63) is 0 Å². The Balaban J connectivity index is 0. The monoisotopic (exact) mass is 652 g/mol. The second kappa shape index (κ2) is 17.1. The van der Waals surface area contributed by atoms with Crippen LogP contribution < -0.4 is 0 Å². The quantitative estimate of drug-likeness (QED) is 0.139. The Morgan fingerprint density at radius 3 is 1.50 bits per heavy atom. The summed E-state index contributed by atoms with van der Waals surface area (Å²) in [6.45, 7) is 7.22. The Hall–Kier alpha value is -1.56. The summed E-state index contributed by atoms with van der Waals surface area (Å²) in [5.74, 6) is -9.20. The molecule has 0 amide bonds. The van der Waals surface area contributed by atoms with Crippen LogP contribution in [0.4, 0.5) is 57.1 Å². The van der Waals surface area contributed by atoms with Crippen molar-refractivity contribution < 1.29 is 80.8 Å². The minimum Gasteiger partial charge on any atom is -0.461 e. The standard InChI is InChI=1S/C9H14F4O3.C8H12F4O.C7H11F5O/c1-3-7(2)16-9(12,13)4-8(10,11)5-15-6-14;1-3-5-6(4-2)13-8(11,12)7(5,9)10;1-3-5(2)13-7(11,12)4-6(8,9)10/h6-7H,3-5H2,1-2H3;5-6H,3-4H2,1-2H3;5H,3-4H2,1-2H3. The zero-order valence-electron chi connectivity index (χ0n) is 23.8. The lowest BCUT2D eigenvalue weighted by Gasteiger charge is -2.24. The van der Waals surface area contributed by atoms with E-state index in [4.69, 9.17) is 0 Å². The number of halogens is 13. The Morgan fingerprint density at radius 1 is 0.762 bits per heavy atom. The van der Waals surface area contributed by atoms with Crippen molar-refractivity contribution in [3.63, 3.8) is 0 Å². The van der Waals surface area contributed by atoms with Gasteiger partial charge in [0.2, 0.25) is 0 Å². The molecule has 4 unspecified atom stereocenters. The lowest BCUT2D eigenvalue weighted by Crippen LogP contribution is -2.40. The zero-order valence-corrected chi connectivity index (χ0v) is 23.8. The summed E-state index contributed by atoms with van der Waals surface area (Å²) in [4.78, 5) is 9.67. The molecule has 0 radical (unpaired) electrons. The fourth-order valence-electron chi connectivity index (χ4n) is 3.27. The van der Waals surface area contributed by atoms with Gasteiger partial charge in [0.05, 0.1) is 24.2 Å². The molecular weight excluding hydrogens is 615 g/mol. The van der Waals surface area contributed by atoms with Gasteiger partial charge in [0.1, 0.15) is 12.8 Å². The molecule has 4 atom stereocenters. The second-order valence-corrected chi connectivity index (χ2v) is 9.40. The maximum Gasteiger partial charge on any atom is 0.420 e. The van der Waals surface area contributed by atoms with E-state index in [2.05, 4.69) is 18.9 Å². The van der Waals surface area contributed by atoms with E-state index in [9.17, 15) is 61.9 Å². The van der Waals surface area contributed by atoms with Gasteiger partial charge in [0.15, 0.2) is 6.61 Å². The van der Waals surface area contributed by atoms with Crippen LogP contribution in [0.5, 0.6) is 0 Å². The molecule has 0 N–H and O–H groups in total. The lowest BCUT2D eigenvalue weighted by atomic mass is 9.93. The van der Waals surface area contributed by atoms with Crippen molar-refractivity contribution in [3.8, 4) is 0 Å². The van der Waals surface area contributed by atoms with E-state index < -0.39 is 80.0 Å². The lowest BCUT2D eigenvalue weighted by molar-refractivity contribution is -0.313. The Bertz CT molecular complexity index is 764. The number of hydrogen-bond acceptors (Lipinski definition) is 5. The normalized spacial score (nSPS) is 21.8. The van der Waals surface area contributed by atoms with Gasteiger partial charge in [0, 0.05) is 0 Å². The SMILES string of the molecule is CCC(C)OC(F)(F)CC(F)(F)COC=O.CCC(C)OC(F)(F)CC(F)(F)F.CCC1OC(F)(F)C(F)(F)C1CC. The van der Waals surface area contributed by atoms with Crippen LogP contribution in [-0.2, 0) is 23.7 Å². The van der Waals surface area contributed by atoms with E-state index in [1.54, 1.807) is 20.8 Å². The van der Waals surface area contributed by atoms with Crippen molar-refractivity contribution in [1.82, 2.24) is 0 Å². The van der Waals surface area contributed by atoms with Gasteiger partial charge in [-0.1, -0.05) is 27.7 Å². The van der Waals surface area contributed by atoms with E-state index in [0.717, 1.165) is 0 Å². The van der Waals surface area contributed by atoms with E-state index in [1.165, 1.54) is 20.8 Å². The summed E-state index contributed by atoms with van der Waals surface area (Å²) in [6, 6.07) is 0. The Kier molecular flexibility index (Phi) is 17.3. The molecule has 18 heteroatoms. The number of rotatable bonds is 14. The highest BCUT2D eigenvalue weighted by atomic mass is 19.4. The molecule has 0 aromatic heterocycles. The van der Waals surface area contributed by atoms with Crippen LogP contribution in [0.2, 0.25) is 0 Å². The average molecular weight is 653 g/mol. The molecule has 0 aromatic carbocycles.